The van der Waals surface area contributed by atoms with Crippen molar-refractivity contribution in [1.29, 1.82) is 0 Å². The molecule has 0 saturated carbocycles. The fourth-order valence-corrected chi connectivity index (χ4v) is 1.68. The van der Waals surface area contributed by atoms with Gasteiger partial charge < -0.3 is 15.5 Å². The van der Waals surface area contributed by atoms with Crippen molar-refractivity contribution in [2.24, 2.45) is 0 Å². The molecule has 0 amide bonds. The number of aliphatic hydroxyl groups excluding tert-OH is 1. The third-order valence-electron chi connectivity index (χ3n) is 3.21. The van der Waals surface area contributed by atoms with Crippen LogP contribution in [0.1, 0.15) is 38.8 Å². The first-order valence-electron chi connectivity index (χ1n) is 6.56. The van der Waals surface area contributed by atoms with Crippen LogP contribution >= 0.6 is 0 Å². The van der Waals surface area contributed by atoms with Crippen LogP contribution in [0, 0.1) is 0 Å². The summed E-state index contributed by atoms with van der Waals surface area (Å²) in [6.07, 6.45) is 4.01. The van der Waals surface area contributed by atoms with Gasteiger partial charge in [-0.05, 0) is 19.3 Å². The number of nitrogens with zero attached hydrogens (tertiary/aromatic N) is 3. The van der Waals surface area contributed by atoms with Crippen molar-refractivity contribution in [3.63, 3.8) is 0 Å². The van der Waals surface area contributed by atoms with E-state index in [9.17, 15) is 5.11 Å². The van der Waals surface area contributed by atoms with Crippen LogP contribution in [0.3, 0.4) is 0 Å². The zero-order chi connectivity index (χ0) is 13.4. The highest BCUT2D eigenvalue weighted by Gasteiger charge is 2.21. The zero-order valence-corrected chi connectivity index (χ0v) is 11.3. The minimum absolute atomic E-state index is 0.160. The number of hydrogen-bond acceptors (Lipinski definition) is 5. The first-order valence-corrected chi connectivity index (χ1v) is 6.56. The van der Waals surface area contributed by atoms with E-state index in [1.807, 2.05) is 20.0 Å². The highest BCUT2D eigenvalue weighted by Crippen LogP contribution is 2.12. The second kappa shape index (κ2) is 7.45. The summed E-state index contributed by atoms with van der Waals surface area (Å²) in [7, 11) is 0. The largest absolute Gasteiger partial charge is 0.396 e. The molecule has 0 aliphatic rings. The van der Waals surface area contributed by atoms with Crippen molar-refractivity contribution < 1.29 is 10.2 Å². The van der Waals surface area contributed by atoms with Crippen molar-refractivity contribution in [2.45, 2.75) is 51.8 Å². The molecule has 1 rings (SSSR count). The molecule has 6 nitrogen and oxygen atoms in total. The van der Waals surface area contributed by atoms with Gasteiger partial charge in [-0.25, -0.2) is 0 Å². The van der Waals surface area contributed by atoms with Crippen molar-refractivity contribution in [2.75, 3.05) is 13.2 Å². The van der Waals surface area contributed by atoms with Gasteiger partial charge in [-0.15, -0.1) is 5.10 Å². The Hall–Kier alpha value is -0.980. The summed E-state index contributed by atoms with van der Waals surface area (Å²) >= 11 is 0. The molecule has 104 valence electrons. The van der Waals surface area contributed by atoms with Gasteiger partial charge in [-0.2, -0.15) is 0 Å². The first-order chi connectivity index (χ1) is 8.63. The third-order valence-corrected chi connectivity index (χ3v) is 3.21. The van der Waals surface area contributed by atoms with Gasteiger partial charge in [0.2, 0.25) is 0 Å². The fourth-order valence-electron chi connectivity index (χ4n) is 1.68. The van der Waals surface area contributed by atoms with E-state index < -0.39 is 5.60 Å². The molecular formula is C12H24N4O2. The van der Waals surface area contributed by atoms with E-state index in [0.29, 0.717) is 26.1 Å². The predicted molar refractivity (Wildman–Crippen MR) is 69.0 cm³/mol. The van der Waals surface area contributed by atoms with Gasteiger partial charge in [0.15, 0.2) is 0 Å². The zero-order valence-electron chi connectivity index (χ0n) is 11.3. The third kappa shape index (κ3) is 4.72. The summed E-state index contributed by atoms with van der Waals surface area (Å²) < 4.78 is 1.72. The van der Waals surface area contributed by atoms with Gasteiger partial charge in [-0.1, -0.05) is 19.1 Å². The van der Waals surface area contributed by atoms with Gasteiger partial charge in [0, 0.05) is 32.4 Å². The van der Waals surface area contributed by atoms with Gasteiger partial charge in [0.05, 0.1) is 11.3 Å². The number of rotatable bonds is 9. The lowest BCUT2D eigenvalue weighted by Gasteiger charge is -2.25. The molecule has 18 heavy (non-hydrogen) atoms. The number of aryl methyl sites for hydroxylation is 1. The summed E-state index contributed by atoms with van der Waals surface area (Å²) in [5.41, 5.74) is 0.217. The molecule has 0 atom stereocenters. The molecule has 0 spiro atoms. The monoisotopic (exact) mass is 256 g/mol. The topological polar surface area (TPSA) is 83.2 Å². The van der Waals surface area contributed by atoms with E-state index >= 15 is 0 Å². The fraction of sp³-hybridized carbons (Fsp3) is 0.833. The van der Waals surface area contributed by atoms with E-state index in [1.54, 1.807) is 4.68 Å². The van der Waals surface area contributed by atoms with Crippen LogP contribution in [0.15, 0.2) is 6.20 Å². The van der Waals surface area contributed by atoms with E-state index in [1.165, 1.54) is 0 Å². The van der Waals surface area contributed by atoms with E-state index in [-0.39, 0.29) is 6.61 Å². The predicted octanol–water partition coefficient (Wildman–Crippen LogP) is 0.301. The summed E-state index contributed by atoms with van der Waals surface area (Å²) in [5, 5.41) is 30.0. The van der Waals surface area contributed by atoms with Crippen molar-refractivity contribution in [1.82, 2.24) is 20.3 Å². The molecule has 0 saturated heterocycles. The highest BCUT2D eigenvalue weighted by atomic mass is 16.3. The average Bonchev–Trinajstić information content (AvgIpc) is 2.84. The molecule has 0 bridgehead atoms. The molecule has 0 unspecified atom stereocenters. The van der Waals surface area contributed by atoms with Gasteiger partial charge in [0.25, 0.3) is 0 Å². The van der Waals surface area contributed by atoms with Crippen LogP contribution in [-0.2, 0) is 13.1 Å². The Kier molecular flexibility index (Phi) is 6.24. The average molecular weight is 256 g/mol. The van der Waals surface area contributed by atoms with Crippen LogP contribution < -0.4 is 5.32 Å². The minimum atomic E-state index is -0.632. The molecule has 6 heteroatoms. The minimum Gasteiger partial charge on any atom is -0.396 e. The van der Waals surface area contributed by atoms with E-state index in [2.05, 4.69) is 15.6 Å². The summed E-state index contributed by atoms with van der Waals surface area (Å²) in [5.74, 6) is 0. The Morgan fingerprint density at radius 1 is 1.39 bits per heavy atom. The lowest BCUT2D eigenvalue weighted by atomic mass is 9.98. The van der Waals surface area contributed by atoms with Crippen LogP contribution in [0.25, 0.3) is 0 Å². The maximum absolute atomic E-state index is 10.1. The maximum atomic E-state index is 10.1. The van der Waals surface area contributed by atoms with E-state index in [4.69, 9.17) is 5.11 Å². The molecule has 3 N–H and O–H groups in total. The highest BCUT2D eigenvalue weighted by molar-refractivity contribution is 4.92. The first kappa shape index (κ1) is 15.1. The number of hydrogen-bond donors (Lipinski definition) is 3. The quantitative estimate of drug-likeness (QED) is 0.592. The lowest BCUT2D eigenvalue weighted by molar-refractivity contribution is 0.0322. The molecule has 0 aliphatic heterocycles. The molecule has 0 aliphatic carbocycles. The Balaban J connectivity index is 2.33. The molecule has 1 heterocycles. The van der Waals surface area contributed by atoms with Gasteiger partial charge >= 0.3 is 0 Å². The summed E-state index contributed by atoms with van der Waals surface area (Å²) in [4.78, 5) is 0. The molecule has 0 radical (unpaired) electrons. The van der Waals surface area contributed by atoms with Crippen molar-refractivity contribution in [3.8, 4) is 0 Å². The molecule has 1 aromatic heterocycles. The number of aromatic nitrogens is 3. The number of aliphatic hydroxyl groups is 2. The van der Waals surface area contributed by atoms with Gasteiger partial charge in [0.1, 0.15) is 0 Å². The SMILES string of the molecule is CCC(O)(CC)CNCc1cn(CCCO)nn1. The van der Waals surface area contributed by atoms with Crippen LogP contribution in [-0.4, -0.2) is 44.0 Å². The Labute approximate surface area is 108 Å². The summed E-state index contributed by atoms with van der Waals surface area (Å²) in [6, 6.07) is 0. The maximum Gasteiger partial charge on any atom is 0.0964 e. The second-order valence-electron chi connectivity index (χ2n) is 4.59. The normalized spacial score (nSPS) is 12.0. The Morgan fingerprint density at radius 3 is 2.72 bits per heavy atom. The second-order valence-corrected chi connectivity index (χ2v) is 4.59. The molecule has 0 aromatic carbocycles. The smallest absolute Gasteiger partial charge is 0.0964 e. The standard InChI is InChI=1S/C12H24N4O2/c1-3-12(18,4-2)10-13-8-11-9-16(15-14-11)6-5-7-17/h9,13,17-18H,3-8,10H2,1-2H3. The lowest BCUT2D eigenvalue weighted by Crippen LogP contribution is -2.39. The van der Waals surface area contributed by atoms with Crippen LogP contribution in [0.4, 0.5) is 0 Å². The Bertz CT molecular complexity index is 337. The van der Waals surface area contributed by atoms with Gasteiger partial charge in [-0.3, -0.25) is 4.68 Å². The van der Waals surface area contributed by atoms with E-state index in [0.717, 1.165) is 18.5 Å². The van der Waals surface area contributed by atoms with Crippen molar-refractivity contribution >= 4 is 0 Å². The van der Waals surface area contributed by atoms with Crippen LogP contribution in [0.5, 0.6) is 0 Å². The molecular weight excluding hydrogens is 232 g/mol. The Morgan fingerprint density at radius 2 is 2.11 bits per heavy atom. The molecule has 1 aromatic rings. The summed E-state index contributed by atoms with van der Waals surface area (Å²) in [6.45, 7) is 5.96. The van der Waals surface area contributed by atoms with Crippen molar-refractivity contribution in [3.05, 3.63) is 11.9 Å². The molecule has 0 fully saturated rings. The van der Waals surface area contributed by atoms with Crippen LogP contribution in [0.2, 0.25) is 0 Å². The number of nitrogens with one attached hydrogen (secondary N) is 1.